The molecule has 29 heavy (non-hydrogen) atoms. The molecule has 0 unspecified atom stereocenters. The topological polar surface area (TPSA) is 126 Å². The second-order valence-corrected chi connectivity index (χ2v) is 7.62. The van der Waals surface area contributed by atoms with Crippen LogP contribution in [-0.4, -0.2) is 47.6 Å². The predicted molar refractivity (Wildman–Crippen MR) is 98.8 cm³/mol. The van der Waals surface area contributed by atoms with Crippen LogP contribution < -0.4 is 25.5 Å². The predicted octanol–water partition coefficient (Wildman–Crippen LogP) is 0.677. The second-order valence-electron chi connectivity index (χ2n) is 7.62. The first-order chi connectivity index (χ1) is 13.9. The van der Waals surface area contributed by atoms with Crippen LogP contribution in [0.3, 0.4) is 0 Å². The molecule has 0 atom stereocenters. The van der Waals surface area contributed by atoms with E-state index >= 15 is 0 Å². The van der Waals surface area contributed by atoms with E-state index in [2.05, 4.69) is 23.0 Å². The van der Waals surface area contributed by atoms with Gasteiger partial charge in [0.05, 0.1) is 6.54 Å². The molecule has 4 rings (SSSR count). The summed E-state index contributed by atoms with van der Waals surface area (Å²) in [6, 6.07) is 4.02. The normalized spacial score (nSPS) is 25.1. The molecule has 3 aliphatic rings. The molecule has 1 aromatic carbocycles. The summed E-state index contributed by atoms with van der Waals surface area (Å²) in [4.78, 5) is 49.4. The number of hydrogen-bond donors (Lipinski definition) is 3. The molecule has 2 fully saturated rings. The first kappa shape index (κ1) is 19.0. The van der Waals surface area contributed by atoms with E-state index in [4.69, 9.17) is 9.47 Å². The Labute approximate surface area is 166 Å². The number of carbonyl (C=O) groups is 4. The Morgan fingerprint density at radius 3 is 2.69 bits per heavy atom. The van der Waals surface area contributed by atoms with Gasteiger partial charge in [0, 0.05) is 5.56 Å². The van der Waals surface area contributed by atoms with Gasteiger partial charge < -0.3 is 20.1 Å². The van der Waals surface area contributed by atoms with Crippen LogP contribution in [0.1, 0.15) is 43.0 Å². The average Bonchev–Trinajstić information content (AvgIpc) is 3.26. The highest BCUT2D eigenvalue weighted by molar-refractivity contribution is 6.08. The first-order valence-corrected chi connectivity index (χ1v) is 9.52. The molecule has 2 aliphatic heterocycles. The quantitative estimate of drug-likeness (QED) is 0.636. The van der Waals surface area contributed by atoms with Gasteiger partial charge in [-0.1, -0.05) is 6.92 Å². The minimum Gasteiger partial charge on any atom is -0.454 e. The Morgan fingerprint density at radius 2 is 1.93 bits per heavy atom. The van der Waals surface area contributed by atoms with Gasteiger partial charge in [0.2, 0.25) is 6.79 Å². The Balaban J connectivity index is 1.32. The Morgan fingerprint density at radius 1 is 1.21 bits per heavy atom. The third kappa shape index (κ3) is 3.57. The fourth-order valence-corrected chi connectivity index (χ4v) is 3.78. The summed E-state index contributed by atoms with van der Waals surface area (Å²) < 4.78 is 10.4. The number of ether oxygens (including phenoxy) is 2. The second kappa shape index (κ2) is 7.26. The number of urea groups is 1. The minimum atomic E-state index is -0.938. The number of imide groups is 1. The lowest BCUT2D eigenvalue weighted by Gasteiger charge is -2.33. The van der Waals surface area contributed by atoms with E-state index in [1.807, 2.05) is 0 Å². The van der Waals surface area contributed by atoms with Crippen LogP contribution >= 0.6 is 0 Å². The van der Waals surface area contributed by atoms with Crippen molar-refractivity contribution in [1.82, 2.24) is 21.1 Å². The molecule has 5 amide bonds. The highest BCUT2D eigenvalue weighted by Crippen LogP contribution is 2.36. The summed E-state index contributed by atoms with van der Waals surface area (Å²) in [6.45, 7) is 1.81. The fraction of sp³-hybridized carbons (Fsp3) is 0.474. The van der Waals surface area contributed by atoms with Gasteiger partial charge in [0.1, 0.15) is 5.54 Å². The number of rotatable bonds is 4. The number of hydrogen-bond acceptors (Lipinski definition) is 6. The van der Waals surface area contributed by atoms with Crippen LogP contribution in [0.15, 0.2) is 18.2 Å². The van der Waals surface area contributed by atoms with Crippen molar-refractivity contribution in [3.63, 3.8) is 0 Å². The highest BCUT2D eigenvalue weighted by Gasteiger charge is 2.52. The molecule has 1 saturated carbocycles. The van der Waals surface area contributed by atoms with Crippen LogP contribution in [0.5, 0.6) is 11.5 Å². The summed E-state index contributed by atoms with van der Waals surface area (Å²) >= 11 is 0. The molecule has 154 valence electrons. The van der Waals surface area contributed by atoms with Crippen LogP contribution in [0.25, 0.3) is 0 Å². The maximum atomic E-state index is 12.7. The summed E-state index contributed by atoms with van der Waals surface area (Å²) in [7, 11) is 0. The largest absolute Gasteiger partial charge is 0.454 e. The summed E-state index contributed by atoms with van der Waals surface area (Å²) in [5, 5.41) is 5.89. The standard InChI is InChI=1S/C19H22N4O6/c1-11-4-6-19(7-5-11)17(26)23(18(27)21-19)22-15(24)9-20-16(25)12-2-3-13-14(8-12)29-10-28-13/h2-3,8,11H,4-7,9-10H2,1H3,(H,20,25)(H,21,27)(H,22,24). The highest BCUT2D eigenvalue weighted by atomic mass is 16.7. The summed E-state index contributed by atoms with van der Waals surface area (Å²) in [5.74, 6) is -0.125. The molecule has 1 aromatic rings. The minimum absolute atomic E-state index is 0.0924. The molecule has 3 N–H and O–H groups in total. The number of hydrazine groups is 1. The van der Waals surface area contributed by atoms with E-state index < -0.39 is 35.8 Å². The average molecular weight is 402 g/mol. The van der Waals surface area contributed by atoms with Crippen molar-refractivity contribution >= 4 is 23.8 Å². The van der Waals surface area contributed by atoms with Crippen molar-refractivity contribution in [3.05, 3.63) is 23.8 Å². The summed E-state index contributed by atoms with van der Waals surface area (Å²) in [5.41, 5.74) is 1.64. The number of carbonyl (C=O) groups excluding carboxylic acids is 4. The van der Waals surface area contributed by atoms with E-state index in [-0.39, 0.29) is 6.79 Å². The fourth-order valence-electron chi connectivity index (χ4n) is 3.78. The molecule has 10 nitrogen and oxygen atoms in total. The molecular weight excluding hydrogens is 380 g/mol. The van der Waals surface area contributed by atoms with Gasteiger partial charge in [-0.2, -0.15) is 5.01 Å². The van der Waals surface area contributed by atoms with Gasteiger partial charge in [-0.05, 0) is 49.8 Å². The van der Waals surface area contributed by atoms with Crippen LogP contribution in [-0.2, 0) is 9.59 Å². The number of amides is 5. The first-order valence-electron chi connectivity index (χ1n) is 9.52. The SMILES string of the molecule is CC1CCC2(CC1)NC(=O)N(NC(=O)CNC(=O)c1ccc3c(c1)OCO3)C2=O. The van der Waals surface area contributed by atoms with E-state index in [1.54, 1.807) is 12.1 Å². The molecule has 0 radical (unpaired) electrons. The third-order valence-electron chi connectivity index (χ3n) is 5.57. The van der Waals surface area contributed by atoms with Crippen molar-refractivity contribution in [1.29, 1.82) is 0 Å². The van der Waals surface area contributed by atoms with Crippen LogP contribution in [0.4, 0.5) is 4.79 Å². The third-order valence-corrected chi connectivity index (χ3v) is 5.57. The number of nitrogens with one attached hydrogen (secondary N) is 3. The Bertz CT molecular complexity index is 877. The lowest BCUT2D eigenvalue weighted by Crippen LogP contribution is -2.52. The number of nitrogens with zero attached hydrogens (tertiary/aromatic N) is 1. The Hall–Kier alpha value is -3.30. The zero-order chi connectivity index (χ0) is 20.6. The van der Waals surface area contributed by atoms with E-state index in [9.17, 15) is 19.2 Å². The van der Waals surface area contributed by atoms with Gasteiger partial charge in [-0.15, -0.1) is 0 Å². The van der Waals surface area contributed by atoms with Gasteiger partial charge in [0.15, 0.2) is 11.5 Å². The van der Waals surface area contributed by atoms with Gasteiger partial charge in [-0.25, -0.2) is 4.79 Å². The van der Waals surface area contributed by atoms with Gasteiger partial charge in [0.25, 0.3) is 17.7 Å². The Kier molecular flexibility index (Phi) is 4.77. The van der Waals surface area contributed by atoms with E-state index in [0.29, 0.717) is 40.8 Å². The lowest BCUT2D eigenvalue weighted by atomic mass is 9.77. The van der Waals surface area contributed by atoms with E-state index in [0.717, 1.165) is 12.8 Å². The maximum Gasteiger partial charge on any atom is 0.344 e. The molecule has 2 heterocycles. The molecule has 1 spiro atoms. The van der Waals surface area contributed by atoms with Crippen molar-refractivity contribution in [2.24, 2.45) is 5.92 Å². The van der Waals surface area contributed by atoms with Crippen LogP contribution in [0, 0.1) is 5.92 Å². The lowest BCUT2D eigenvalue weighted by molar-refractivity contribution is -0.139. The smallest absolute Gasteiger partial charge is 0.344 e. The van der Waals surface area contributed by atoms with Crippen molar-refractivity contribution in [2.75, 3.05) is 13.3 Å². The van der Waals surface area contributed by atoms with Gasteiger partial charge >= 0.3 is 6.03 Å². The monoisotopic (exact) mass is 402 g/mol. The summed E-state index contributed by atoms with van der Waals surface area (Å²) in [6.07, 6.45) is 2.76. The van der Waals surface area contributed by atoms with Crippen molar-refractivity contribution in [2.45, 2.75) is 38.1 Å². The van der Waals surface area contributed by atoms with Crippen molar-refractivity contribution in [3.8, 4) is 11.5 Å². The maximum absolute atomic E-state index is 12.7. The molecular formula is C19H22N4O6. The molecule has 10 heteroatoms. The molecule has 1 aliphatic carbocycles. The number of benzene rings is 1. The molecule has 1 saturated heterocycles. The van der Waals surface area contributed by atoms with Crippen LogP contribution in [0.2, 0.25) is 0 Å². The van der Waals surface area contributed by atoms with E-state index in [1.165, 1.54) is 6.07 Å². The van der Waals surface area contributed by atoms with Crippen molar-refractivity contribution < 1.29 is 28.7 Å². The number of fused-ring (bicyclic) bond motifs is 1. The zero-order valence-corrected chi connectivity index (χ0v) is 15.9. The van der Waals surface area contributed by atoms with Gasteiger partial charge in [-0.3, -0.25) is 19.8 Å². The molecule has 0 bridgehead atoms. The zero-order valence-electron chi connectivity index (χ0n) is 15.9. The molecule has 0 aromatic heterocycles.